The Bertz CT molecular complexity index is 283. The monoisotopic (exact) mass is 270 g/mol. The highest BCUT2D eigenvalue weighted by Crippen LogP contribution is 2.38. The molecule has 0 aromatic heterocycles. The fourth-order valence-corrected chi connectivity index (χ4v) is 3.57. The van der Waals surface area contributed by atoms with E-state index in [2.05, 4.69) is 44.4 Å². The maximum atomic E-state index is 4.93. The van der Waals surface area contributed by atoms with Crippen LogP contribution in [0.5, 0.6) is 0 Å². The summed E-state index contributed by atoms with van der Waals surface area (Å²) < 4.78 is 0. The van der Waals surface area contributed by atoms with E-state index in [1.807, 2.05) is 0 Å². The summed E-state index contributed by atoms with van der Waals surface area (Å²) in [6.07, 6.45) is 2.56. The lowest BCUT2D eigenvalue weighted by molar-refractivity contribution is -0.0247. The fourth-order valence-electron chi connectivity index (χ4n) is 3.14. The van der Waals surface area contributed by atoms with Crippen LogP contribution >= 0.6 is 12.6 Å². The van der Waals surface area contributed by atoms with E-state index in [1.54, 1.807) is 0 Å². The van der Waals surface area contributed by atoms with Gasteiger partial charge in [-0.05, 0) is 46.0 Å². The maximum absolute atomic E-state index is 4.93. The molecule has 2 heterocycles. The number of rotatable bonds is 4. The first-order valence-corrected chi connectivity index (χ1v) is 7.89. The van der Waals surface area contributed by atoms with Crippen molar-refractivity contribution in [3.05, 3.63) is 0 Å². The van der Waals surface area contributed by atoms with Crippen molar-refractivity contribution in [3.8, 4) is 0 Å². The first-order chi connectivity index (χ1) is 8.22. The van der Waals surface area contributed by atoms with Crippen LogP contribution in [0.25, 0.3) is 0 Å². The van der Waals surface area contributed by atoms with Crippen molar-refractivity contribution in [2.24, 2.45) is 11.8 Å². The number of hydrogen-bond donors (Lipinski definition) is 1. The third-order valence-electron chi connectivity index (χ3n) is 4.80. The van der Waals surface area contributed by atoms with Crippen molar-refractivity contribution < 1.29 is 0 Å². The van der Waals surface area contributed by atoms with Crippen LogP contribution in [0.15, 0.2) is 0 Å². The highest BCUT2D eigenvalue weighted by Gasteiger charge is 2.42. The molecule has 3 heteroatoms. The Kier molecular flexibility index (Phi) is 4.07. The summed E-state index contributed by atoms with van der Waals surface area (Å²) >= 11 is 4.93. The van der Waals surface area contributed by atoms with Crippen molar-refractivity contribution in [1.82, 2.24) is 9.80 Å². The summed E-state index contributed by atoms with van der Waals surface area (Å²) in [5.74, 6) is 1.76. The predicted molar refractivity (Wildman–Crippen MR) is 82.2 cm³/mol. The van der Waals surface area contributed by atoms with Gasteiger partial charge in [0.25, 0.3) is 0 Å². The summed E-state index contributed by atoms with van der Waals surface area (Å²) in [4.78, 5) is 5.25. The molecule has 2 aliphatic rings. The Morgan fingerprint density at radius 2 is 1.44 bits per heavy atom. The smallest absolute Gasteiger partial charge is 0.0615 e. The van der Waals surface area contributed by atoms with Gasteiger partial charge >= 0.3 is 0 Å². The van der Waals surface area contributed by atoms with Crippen molar-refractivity contribution in [2.75, 3.05) is 26.2 Å². The van der Waals surface area contributed by atoms with Crippen LogP contribution in [0.1, 0.15) is 47.5 Å². The minimum Gasteiger partial charge on any atom is -0.298 e. The Balaban J connectivity index is 1.74. The Morgan fingerprint density at radius 3 is 1.89 bits per heavy atom. The zero-order valence-electron chi connectivity index (χ0n) is 12.7. The summed E-state index contributed by atoms with van der Waals surface area (Å²) in [6.45, 7) is 16.6. The molecule has 0 amide bonds. The van der Waals surface area contributed by atoms with Gasteiger partial charge < -0.3 is 0 Å². The molecule has 0 bridgehead atoms. The molecule has 2 nitrogen and oxygen atoms in total. The molecule has 0 spiro atoms. The van der Waals surface area contributed by atoms with E-state index in [-0.39, 0.29) is 4.87 Å². The third kappa shape index (κ3) is 3.05. The fraction of sp³-hybridized carbons (Fsp3) is 1.00. The molecule has 1 unspecified atom stereocenters. The van der Waals surface area contributed by atoms with Crippen LogP contribution in [0, 0.1) is 11.8 Å². The summed E-state index contributed by atoms with van der Waals surface area (Å²) in [6, 6.07) is 0. The van der Waals surface area contributed by atoms with Crippen LogP contribution in [0.2, 0.25) is 0 Å². The SMILES string of the molecule is CCC1CN(C(C)(S)CC2CN(C(C)(C)C)C2)C1. The first-order valence-electron chi connectivity index (χ1n) is 7.45. The number of likely N-dealkylation sites (tertiary alicyclic amines) is 2. The third-order valence-corrected chi connectivity index (χ3v) is 5.26. The van der Waals surface area contributed by atoms with Crippen LogP contribution in [0.3, 0.4) is 0 Å². The normalized spacial score (nSPS) is 27.7. The zero-order valence-corrected chi connectivity index (χ0v) is 13.6. The molecule has 106 valence electrons. The molecule has 2 saturated heterocycles. The van der Waals surface area contributed by atoms with Crippen molar-refractivity contribution >= 4 is 12.6 Å². The number of thiol groups is 1. The van der Waals surface area contributed by atoms with E-state index in [9.17, 15) is 0 Å². The molecule has 0 radical (unpaired) electrons. The average molecular weight is 270 g/mol. The molecule has 1 atom stereocenters. The standard InChI is InChI=1S/C15H30N2S/c1-6-12-8-17(9-12)15(5,18)7-13-10-16(11-13)14(2,3)4/h12-13,18H,6-11H2,1-5H3. The first kappa shape index (κ1) is 14.7. The van der Waals surface area contributed by atoms with Crippen LogP contribution in [0.4, 0.5) is 0 Å². The largest absolute Gasteiger partial charge is 0.298 e. The van der Waals surface area contributed by atoms with Crippen molar-refractivity contribution in [2.45, 2.75) is 57.9 Å². The summed E-state index contributed by atoms with van der Waals surface area (Å²) in [5, 5.41) is 0. The van der Waals surface area contributed by atoms with Crippen LogP contribution in [-0.2, 0) is 0 Å². The van der Waals surface area contributed by atoms with Gasteiger partial charge in [-0.2, -0.15) is 12.6 Å². The van der Waals surface area contributed by atoms with Gasteiger partial charge in [-0.15, -0.1) is 0 Å². The van der Waals surface area contributed by atoms with Crippen LogP contribution < -0.4 is 0 Å². The summed E-state index contributed by atoms with van der Waals surface area (Å²) in [7, 11) is 0. The molecular weight excluding hydrogens is 240 g/mol. The number of nitrogens with zero attached hydrogens (tertiary/aromatic N) is 2. The lowest BCUT2D eigenvalue weighted by atomic mass is 9.85. The van der Waals surface area contributed by atoms with Gasteiger partial charge in [-0.1, -0.05) is 13.3 Å². The highest BCUT2D eigenvalue weighted by molar-refractivity contribution is 7.81. The second kappa shape index (κ2) is 4.99. The van der Waals surface area contributed by atoms with E-state index in [4.69, 9.17) is 12.6 Å². The molecule has 0 aromatic carbocycles. The molecule has 0 aromatic rings. The van der Waals surface area contributed by atoms with E-state index in [1.165, 1.54) is 39.0 Å². The topological polar surface area (TPSA) is 6.48 Å². The molecule has 2 rings (SSSR count). The van der Waals surface area contributed by atoms with Gasteiger partial charge in [0.15, 0.2) is 0 Å². The second-order valence-corrected chi connectivity index (χ2v) is 8.51. The highest BCUT2D eigenvalue weighted by atomic mass is 32.1. The summed E-state index contributed by atoms with van der Waals surface area (Å²) in [5.41, 5.74) is 0.341. The van der Waals surface area contributed by atoms with Gasteiger partial charge in [0, 0.05) is 31.7 Å². The lowest BCUT2D eigenvalue weighted by Crippen LogP contribution is -2.61. The molecule has 0 N–H and O–H groups in total. The van der Waals surface area contributed by atoms with Crippen molar-refractivity contribution in [1.29, 1.82) is 0 Å². The van der Waals surface area contributed by atoms with E-state index in [0.29, 0.717) is 5.54 Å². The molecule has 0 aliphatic carbocycles. The van der Waals surface area contributed by atoms with Gasteiger partial charge in [0.2, 0.25) is 0 Å². The maximum Gasteiger partial charge on any atom is 0.0615 e. The molecule has 18 heavy (non-hydrogen) atoms. The lowest BCUT2D eigenvalue weighted by Gasteiger charge is -2.53. The van der Waals surface area contributed by atoms with Gasteiger partial charge in [0.05, 0.1) is 4.87 Å². The zero-order chi connectivity index (χ0) is 13.6. The van der Waals surface area contributed by atoms with E-state index in [0.717, 1.165) is 11.8 Å². The Labute approximate surface area is 119 Å². The Hall–Kier alpha value is 0.270. The van der Waals surface area contributed by atoms with E-state index >= 15 is 0 Å². The van der Waals surface area contributed by atoms with Crippen LogP contribution in [-0.4, -0.2) is 46.4 Å². The molecule has 0 saturated carbocycles. The minimum absolute atomic E-state index is 0.111. The molecular formula is C15H30N2S. The van der Waals surface area contributed by atoms with Crippen molar-refractivity contribution in [3.63, 3.8) is 0 Å². The average Bonchev–Trinajstić information content (AvgIpc) is 2.06. The van der Waals surface area contributed by atoms with Gasteiger partial charge in [-0.3, -0.25) is 9.80 Å². The Morgan fingerprint density at radius 1 is 0.944 bits per heavy atom. The second-order valence-electron chi connectivity index (χ2n) is 7.54. The molecule has 2 aliphatic heterocycles. The number of hydrogen-bond acceptors (Lipinski definition) is 3. The quantitative estimate of drug-likeness (QED) is 0.784. The van der Waals surface area contributed by atoms with Gasteiger partial charge in [0.1, 0.15) is 0 Å². The van der Waals surface area contributed by atoms with E-state index < -0.39 is 0 Å². The predicted octanol–water partition coefficient (Wildman–Crippen LogP) is 3.09. The molecule has 2 fully saturated rings. The van der Waals surface area contributed by atoms with Gasteiger partial charge in [-0.25, -0.2) is 0 Å². The minimum atomic E-state index is 0.111.